The van der Waals surface area contributed by atoms with Crippen LogP contribution in [0, 0.1) is 0 Å². The molecule has 0 amide bonds. The SMILES string of the molecule is CC(F)(F)c1onc(N)c1-c1ccc(Cl)c(Cl)c1. The molecule has 0 aliphatic carbocycles. The van der Waals surface area contributed by atoms with E-state index in [1.807, 2.05) is 0 Å². The van der Waals surface area contributed by atoms with Crippen LogP contribution in [0.4, 0.5) is 14.6 Å². The molecule has 0 aliphatic rings. The summed E-state index contributed by atoms with van der Waals surface area (Å²) in [7, 11) is 0. The van der Waals surface area contributed by atoms with Crippen LogP contribution in [0.25, 0.3) is 11.1 Å². The highest BCUT2D eigenvalue weighted by molar-refractivity contribution is 6.42. The van der Waals surface area contributed by atoms with E-state index in [0.29, 0.717) is 17.5 Å². The maximum atomic E-state index is 13.3. The molecule has 0 bridgehead atoms. The summed E-state index contributed by atoms with van der Waals surface area (Å²) in [5, 5.41) is 3.91. The molecule has 0 radical (unpaired) electrons. The second kappa shape index (κ2) is 4.40. The van der Waals surface area contributed by atoms with E-state index < -0.39 is 11.7 Å². The van der Waals surface area contributed by atoms with E-state index in [1.165, 1.54) is 18.2 Å². The number of aromatic nitrogens is 1. The number of alkyl halides is 2. The van der Waals surface area contributed by atoms with E-state index in [4.69, 9.17) is 28.9 Å². The Morgan fingerprint density at radius 2 is 1.94 bits per heavy atom. The van der Waals surface area contributed by atoms with Gasteiger partial charge < -0.3 is 10.3 Å². The fraction of sp³-hybridized carbons (Fsp3) is 0.182. The number of nitrogens with two attached hydrogens (primary N) is 1. The van der Waals surface area contributed by atoms with Crippen molar-refractivity contribution in [2.45, 2.75) is 12.8 Å². The van der Waals surface area contributed by atoms with E-state index >= 15 is 0 Å². The average molecular weight is 293 g/mol. The third-order valence-corrected chi connectivity index (χ3v) is 3.06. The quantitative estimate of drug-likeness (QED) is 0.896. The van der Waals surface area contributed by atoms with E-state index in [9.17, 15) is 8.78 Å². The third-order valence-electron chi connectivity index (χ3n) is 2.33. The summed E-state index contributed by atoms with van der Waals surface area (Å²) in [6.45, 7) is 0.702. The minimum Gasteiger partial charge on any atom is -0.380 e. The largest absolute Gasteiger partial charge is 0.380 e. The molecular formula is C11H8Cl2F2N2O. The highest BCUT2D eigenvalue weighted by atomic mass is 35.5. The van der Waals surface area contributed by atoms with Crippen molar-refractivity contribution in [3.63, 3.8) is 0 Å². The molecule has 0 spiro atoms. The molecule has 1 heterocycles. The van der Waals surface area contributed by atoms with Gasteiger partial charge in [-0.2, -0.15) is 8.78 Å². The number of nitrogens with zero attached hydrogens (tertiary/aromatic N) is 1. The van der Waals surface area contributed by atoms with Gasteiger partial charge in [-0.05, 0) is 17.7 Å². The zero-order valence-electron chi connectivity index (χ0n) is 9.18. The maximum Gasteiger partial charge on any atom is 0.305 e. The Morgan fingerprint density at radius 3 is 2.50 bits per heavy atom. The number of nitrogen functional groups attached to an aromatic ring is 1. The zero-order chi connectivity index (χ0) is 13.5. The smallest absolute Gasteiger partial charge is 0.305 e. The lowest BCUT2D eigenvalue weighted by Crippen LogP contribution is -2.07. The summed E-state index contributed by atoms with van der Waals surface area (Å²) in [6.07, 6.45) is 0. The molecule has 2 aromatic rings. The van der Waals surface area contributed by atoms with Gasteiger partial charge in [0.2, 0.25) is 5.76 Å². The van der Waals surface area contributed by atoms with Crippen molar-refractivity contribution in [1.29, 1.82) is 0 Å². The topological polar surface area (TPSA) is 52.0 Å². The molecular weight excluding hydrogens is 285 g/mol. The van der Waals surface area contributed by atoms with Gasteiger partial charge in [0.05, 0.1) is 15.6 Å². The van der Waals surface area contributed by atoms with Crippen LogP contribution in [0.5, 0.6) is 0 Å². The highest BCUT2D eigenvalue weighted by Gasteiger charge is 2.35. The number of benzene rings is 1. The van der Waals surface area contributed by atoms with E-state index in [1.54, 1.807) is 0 Å². The van der Waals surface area contributed by atoms with Gasteiger partial charge >= 0.3 is 5.92 Å². The van der Waals surface area contributed by atoms with Crippen LogP contribution in [0.3, 0.4) is 0 Å². The Hall–Kier alpha value is -1.33. The molecule has 0 saturated carbocycles. The van der Waals surface area contributed by atoms with Crippen LogP contribution in [0.15, 0.2) is 22.7 Å². The molecule has 3 nitrogen and oxygen atoms in total. The van der Waals surface area contributed by atoms with Gasteiger partial charge in [-0.3, -0.25) is 0 Å². The Balaban J connectivity index is 2.63. The summed E-state index contributed by atoms with van der Waals surface area (Å²) in [6, 6.07) is 4.44. The normalized spacial score (nSPS) is 11.8. The molecule has 7 heteroatoms. The molecule has 2 rings (SSSR count). The van der Waals surface area contributed by atoms with E-state index in [0.717, 1.165) is 0 Å². The van der Waals surface area contributed by atoms with Crippen molar-refractivity contribution in [2.75, 3.05) is 5.73 Å². The molecule has 0 atom stereocenters. The average Bonchev–Trinajstić information content (AvgIpc) is 2.64. The zero-order valence-corrected chi connectivity index (χ0v) is 10.7. The number of hydrogen-bond donors (Lipinski definition) is 1. The summed E-state index contributed by atoms with van der Waals surface area (Å²) >= 11 is 11.6. The van der Waals surface area contributed by atoms with Crippen LogP contribution in [0.2, 0.25) is 10.0 Å². The second-order valence-electron chi connectivity index (χ2n) is 3.79. The molecule has 96 valence electrons. The van der Waals surface area contributed by atoms with Crippen molar-refractivity contribution in [3.05, 3.63) is 34.0 Å². The van der Waals surface area contributed by atoms with Crippen molar-refractivity contribution in [3.8, 4) is 11.1 Å². The summed E-state index contributed by atoms with van der Waals surface area (Å²) in [5.74, 6) is -3.91. The number of hydrogen-bond acceptors (Lipinski definition) is 3. The minimum atomic E-state index is -3.19. The number of anilines is 1. The predicted octanol–water partition coefficient (Wildman–Crippen LogP) is 4.34. The lowest BCUT2D eigenvalue weighted by Gasteiger charge is -2.09. The second-order valence-corrected chi connectivity index (χ2v) is 4.60. The third kappa shape index (κ3) is 2.28. The Morgan fingerprint density at radius 1 is 1.28 bits per heavy atom. The summed E-state index contributed by atoms with van der Waals surface area (Å²) < 4.78 is 31.3. The van der Waals surface area contributed by atoms with Crippen LogP contribution < -0.4 is 5.73 Å². The lowest BCUT2D eigenvalue weighted by atomic mass is 10.0. The number of rotatable bonds is 2. The van der Waals surface area contributed by atoms with Crippen molar-refractivity contribution < 1.29 is 13.3 Å². The van der Waals surface area contributed by atoms with Crippen molar-refractivity contribution in [1.82, 2.24) is 5.16 Å². The first-order chi connectivity index (χ1) is 8.30. The first-order valence-electron chi connectivity index (χ1n) is 4.89. The van der Waals surface area contributed by atoms with E-state index in [2.05, 4.69) is 9.68 Å². The molecule has 0 aliphatic heterocycles. The maximum absolute atomic E-state index is 13.3. The minimum absolute atomic E-state index is 0.0288. The fourth-order valence-electron chi connectivity index (χ4n) is 1.53. The van der Waals surface area contributed by atoms with Gasteiger partial charge in [-0.25, -0.2) is 0 Å². The molecule has 2 N–H and O–H groups in total. The fourth-order valence-corrected chi connectivity index (χ4v) is 1.83. The van der Waals surface area contributed by atoms with Gasteiger partial charge in [-0.1, -0.05) is 34.4 Å². The first-order valence-corrected chi connectivity index (χ1v) is 5.65. The van der Waals surface area contributed by atoms with Gasteiger partial charge in [0.1, 0.15) is 0 Å². The Bertz CT molecular complexity index is 593. The molecule has 0 unspecified atom stereocenters. The van der Waals surface area contributed by atoms with Crippen LogP contribution in [-0.2, 0) is 5.92 Å². The first kappa shape index (κ1) is 13.1. The highest BCUT2D eigenvalue weighted by Crippen LogP contribution is 2.40. The number of halogens is 4. The Labute approximate surface area is 111 Å². The summed E-state index contributed by atoms with van der Waals surface area (Å²) in [5.41, 5.74) is 5.95. The van der Waals surface area contributed by atoms with Gasteiger partial charge in [0.25, 0.3) is 0 Å². The Kier molecular flexibility index (Phi) is 3.21. The van der Waals surface area contributed by atoms with Crippen molar-refractivity contribution >= 4 is 29.0 Å². The lowest BCUT2D eigenvalue weighted by molar-refractivity contribution is -0.00974. The predicted molar refractivity (Wildman–Crippen MR) is 65.9 cm³/mol. The molecule has 18 heavy (non-hydrogen) atoms. The van der Waals surface area contributed by atoms with Crippen LogP contribution >= 0.6 is 23.2 Å². The van der Waals surface area contributed by atoms with Crippen molar-refractivity contribution in [2.24, 2.45) is 0 Å². The van der Waals surface area contributed by atoms with Crippen LogP contribution in [-0.4, -0.2) is 5.16 Å². The molecule has 0 fully saturated rings. The monoisotopic (exact) mass is 292 g/mol. The van der Waals surface area contributed by atoms with Gasteiger partial charge in [0.15, 0.2) is 5.82 Å². The summed E-state index contributed by atoms with van der Waals surface area (Å²) in [4.78, 5) is 0. The standard InChI is InChI=1S/C11H8Cl2F2N2O/c1-11(14,15)9-8(10(16)17-18-9)5-2-3-6(12)7(13)4-5/h2-4H,1H3,(H2,16,17). The molecule has 0 saturated heterocycles. The van der Waals surface area contributed by atoms with Crippen LogP contribution in [0.1, 0.15) is 12.7 Å². The molecule has 1 aromatic carbocycles. The van der Waals surface area contributed by atoms with E-state index in [-0.39, 0.29) is 16.4 Å². The molecule has 1 aromatic heterocycles. The van der Waals surface area contributed by atoms with Gasteiger partial charge in [-0.15, -0.1) is 0 Å². The van der Waals surface area contributed by atoms with Gasteiger partial charge in [0, 0.05) is 6.92 Å².